The van der Waals surface area contributed by atoms with Crippen LogP contribution in [0.25, 0.3) is 11.4 Å². The Labute approximate surface area is 169 Å². The molecule has 29 heavy (non-hydrogen) atoms. The quantitative estimate of drug-likeness (QED) is 0.663. The minimum absolute atomic E-state index is 0.0125. The molecule has 1 aliphatic rings. The monoisotopic (exact) mass is 394 g/mol. The van der Waals surface area contributed by atoms with Gasteiger partial charge in [0.1, 0.15) is 12.3 Å². The van der Waals surface area contributed by atoms with Gasteiger partial charge >= 0.3 is 0 Å². The molecule has 1 atom stereocenters. The lowest BCUT2D eigenvalue weighted by molar-refractivity contribution is -0.122. The SMILES string of the molecule is C[C@@H]1CCCCN1Cc1ccc(-c2nnn(CC(=O)NCc3ccco3)n2)cc1. The molecule has 3 heterocycles. The highest BCUT2D eigenvalue weighted by Gasteiger charge is 2.18. The lowest BCUT2D eigenvalue weighted by Gasteiger charge is -2.33. The maximum absolute atomic E-state index is 12.0. The van der Waals surface area contributed by atoms with E-state index in [1.54, 1.807) is 12.3 Å². The summed E-state index contributed by atoms with van der Waals surface area (Å²) in [5, 5.41) is 15.2. The number of piperidine rings is 1. The number of tetrazole rings is 1. The fourth-order valence-electron chi connectivity index (χ4n) is 3.60. The maximum atomic E-state index is 12.0. The van der Waals surface area contributed by atoms with Gasteiger partial charge in [0.2, 0.25) is 11.7 Å². The first kappa shape index (κ1) is 19.3. The summed E-state index contributed by atoms with van der Waals surface area (Å²) >= 11 is 0. The summed E-state index contributed by atoms with van der Waals surface area (Å²) in [6, 6.07) is 12.5. The molecule has 152 valence electrons. The average molecular weight is 394 g/mol. The average Bonchev–Trinajstić information content (AvgIpc) is 3.41. The summed E-state index contributed by atoms with van der Waals surface area (Å²) in [4.78, 5) is 15.9. The summed E-state index contributed by atoms with van der Waals surface area (Å²) < 4.78 is 5.19. The summed E-state index contributed by atoms with van der Waals surface area (Å²) in [6.45, 7) is 4.79. The van der Waals surface area contributed by atoms with Gasteiger partial charge in [-0.2, -0.15) is 4.80 Å². The molecule has 1 N–H and O–H groups in total. The van der Waals surface area contributed by atoms with E-state index in [2.05, 4.69) is 44.7 Å². The Bertz CT molecular complexity index is 919. The Morgan fingerprint density at radius 2 is 2.10 bits per heavy atom. The molecule has 1 aromatic carbocycles. The van der Waals surface area contributed by atoms with Crippen LogP contribution in [0.2, 0.25) is 0 Å². The molecule has 0 spiro atoms. The van der Waals surface area contributed by atoms with Gasteiger partial charge in [0.05, 0.1) is 12.8 Å². The van der Waals surface area contributed by atoms with Crippen molar-refractivity contribution in [2.45, 2.75) is 51.9 Å². The van der Waals surface area contributed by atoms with E-state index in [4.69, 9.17) is 4.42 Å². The van der Waals surface area contributed by atoms with E-state index >= 15 is 0 Å². The minimum Gasteiger partial charge on any atom is -0.467 e. The zero-order chi connectivity index (χ0) is 20.1. The molecule has 0 unspecified atom stereocenters. The smallest absolute Gasteiger partial charge is 0.244 e. The van der Waals surface area contributed by atoms with Crippen LogP contribution in [0.3, 0.4) is 0 Å². The van der Waals surface area contributed by atoms with Gasteiger partial charge in [0.15, 0.2) is 0 Å². The first-order chi connectivity index (χ1) is 14.2. The molecule has 0 radical (unpaired) electrons. The molecule has 1 saturated heterocycles. The summed E-state index contributed by atoms with van der Waals surface area (Å²) in [6.07, 6.45) is 5.47. The number of amides is 1. The normalized spacial score (nSPS) is 17.3. The minimum atomic E-state index is -0.198. The van der Waals surface area contributed by atoms with Gasteiger partial charge in [0.25, 0.3) is 0 Å². The standard InChI is InChI=1S/C21H26N6O2/c1-16-5-2-3-11-26(16)14-17-7-9-18(10-8-17)21-23-25-27(24-21)15-20(28)22-13-19-6-4-12-29-19/h4,6-10,12,16H,2-3,5,11,13-15H2,1H3,(H,22,28)/t16-/m1/s1. The van der Waals surface area contributed by atoms with Crippen LogP contribution in [0.1, 0.15) is 37.5 Å². The molecule has 8 nitrogen and oxygen atoms in total. The van der Waals surface area contributed by atoms with Crippen LogP contribution < -0.4 is 5.32 Å². The molecule has 4 rings (SSSR count). The van der Waals surface area contributed by atoms with E-state index in [0.717, 1.165) is 12.1 Å². The lowest BCUT2D eigenvalue weighted by atomic mass is 10.0. The molecule has 0 saturated carbocycles. The van der Waals surface area contributed by atoms with E-state index in [0.29, 0.717) is 24.2 Å². The van der Waals surface area contributed by atoms with Crippen LogP contribution in [-0.2, 0) is 24.4 Å². The third-order valence-electron chi connectivity index (χ3n) is 5.32. The molecular formula is C21H26N6O2. The number of aromatic nitrogens is 4. The van der Waals surface area contributed by atoms with Crippen molar-refractivity contribution in [2.24, 2.45) is 0 Å². The van der Waals surface area contributed by atoms with Crippen molar-refractivity contribution in [3.63, 3.8) is 0 Å². The zero-order valence-corrected chi connectivity index (χ0v) is 16.6. The molecule has 1 aliphatic heterocycles. The van der Waals surface area contributed by atoms with Crippen molar-refractivity contribution in [3.05, 3.63) is 54.0 Å². The van der Waals surface area contributed by atoms with E-state index in [1.165, 1.54) is 36.2 Å². The van der Waals surface area contributed by atoms with Crippen molar-refractivity contribution < 1.29 is 9.21 Å². The van der Waals surface area contributed by atoms with Crippen molar-refractivity contribution >= 4 is 5.91 Å². The van der Waals surface area contributed by atoms with Crippen LogP contribution in [0.5, 0.6) is 0 Å². The molecule has 8 heteroatoms. The van der Waals surface area contributed by atoms with Crippen LogP contribution in [0.4, 0.5) is 0 Å². The van der Waals surface area contributed by atoms with Gasteiger partial charge < -0.3 is 9.73 Å². The predicted octanol–water partition coefficient (Wildman–Crippen LogP) is 2.62. The number of rotatable bonds is 7. The molecule has 0 bridgehead atoms. The number of nitrogens with zero attached hydrogens (tertiary/aromatic N) is 5. The highest BCUT2D eigenvalue weighted by Crippen LogP contribution is 2.20. The Morgan fingerprint density at radius 3 is 2.86 bits per heavy atom. The van der Waals surface area contributed by atoms with E-state index in [1.807, 2.05) is 18.2 Å². The third-order valence-corrected chi connectivity index (χ3v) is 5.32. The van der Waals surface area contributed by atoms with Crippen molar-refractivity contribution in [2.75, 3.05) is 6.54 Å². The lowest BCUT2D eigenvalue weighted by Crippen LogP contribution is -2.36. The molecule has 1 fully saturated rings. The molecule has 1 amide bonds. The maximum Gasteiger partial charge on any atom is 0.244 e. The Hall–Kier alpha value is -3.00. The number of benzene rings is 1. The summed E-state index contributed by atoms with van der Waals surface area (Å²) in [5.74, 6) is 1.02. The van der Waals surface area contributed by atoms with Gasteiger partial charge in [-0.15, -0.1) is 10.2 Å². The van der Waals surface area contributed by atoms with Gasteiger partial charge in [-0.25, -0.2) is 0 Å². The fourth-order valence-corrected chi connectivity index (χ4v) is 3.60. The van der Waals surface area contributed by atoms with Gasteiger partial charge in [-0.1, -0.05) is 30.7 Å². The number of likely N-dealkylation sites (tertiary alicyclic amines) is 1. The third kappa shape index (κ3) is 5.08. The van der Waals surface area contributed by atoms with Gasteiger partial charge in [-0.05, 0) is 49.2 Å². The number of furan rings is 1. The number of hydrogen-bond donors (Lipinski definition) is 1. The van der Waals surface area contributed by atoms with Crippen LogP contribution >= 0.6 is 0 Å². The first-order valence-electron chi connectivity index (χ1n) is 10.1. The fraction of sp³-hybridized carbons (Fsp3) is 0.429. The predicted molar refractivity (Wildman–Crippen MR) is 108 cm³/mol. The highest BCUT2D eigenvalue weighted by molar-refractivity contribution is 5.75. The molecule has 2 aromatic heterocycles. The molecule has 0 aliphatic carbocycles. The molecular weight excluding hydrogens is 368 g/mol. The van der Waals surface area contributed by atoms with Crippen LogP contribution in [0.15, 0.2) is 47.1 Å². The van der Waals surface area contributed by atoms with Crippen molar-refractivity contribution in [1.82, 2.24) is 30.4 Å². The van der Waals surface area contributed by atoms with Crippen molar-refractivity contribution in [3.8, 4) is 11.4 Å². The zero-order valence-electron chi connectivity index (χ0n) is 16.6. The second kappa shape index (κ2) is 9.00. The number of carbonyl (C=O) groups is 1. The first-order valence-corrected chi connectivity index (χ1v) is 10.1. The van der Waals surface area contributed by atoms with Gasteiger partial charge in [0, 0.05) is 18.2 Å². The van der Waals surface area contributed by atoms with Crippen LogP contribution in [0, 0.1) is 0 Å². The Kier molecular flexibility index (Phi) is 6.00. The molecule has 3 aromatic rings. The second-order valence-electron chi connectivity index (χ2n) is 7.51. The number of hydrogen-bond acceptors (Lipinski definition) is 6. The summed E-state index contributed by atoms with van der Waals surface area (Å²) in [7, 11) is 0. The largest absolute Gasteiger partial charge is 0.467 e. The second-order valence-corrected chi connectivity index (χ2v) is 7.51. The van der Waals surface area contributed by atoms with E-state index in [-0.39, 0.29) is 12.5 Å². The highest BCUT2D eigenvalue weighted by atomic mass is 16.3. The Balaban J connectivity index is 1.32. The van der Waals surface area contributed by atoms with E-state index < -0.39 is 0 Å². The van der Waals surface area contributed by atoms with Gasteiger partial charge in [-0.3, -0.25) is 9.69 Å². The van der Waals surface area contributed by atoms with E-state index in [9.17, 15) is 4.79 Å². The van der Waals surface area contributed by atoms with Crippen molar-refractivity contribution in [1.29, 1.82) is 0 Å². The number of nitrogens with one attached hydrogen (secondary N) is 1. The number of carbonyl (C=O) groups excluding carboxylic acids is 1. The summed E-state index contributed by atoms with van der Waals surface area (Å²) in [5.41, 5.74) is 2.18. The topological polar surface area (TPSA) is 89.1 Å². The van der Waals surface area contributed by atoms with Crippen LogP contribution in [-0.4, -0.2) is 43.6 Å². The Morgan fingerprint density at radius 1 is 1.24 bits per heavy atom.